The first-order chi connectivity index (χ1) is 7.50. The molecule has 0 aromatic heterocycles. The van der Waals surface area contributed by atoms with E-state index in [4.69, 9.17) is 16.3 Å². The van der Waals surface area contributed by atoms with E-state index in [2.05, 4.69) is 0 Å². The van der Waals surface area contributed by atoms with Crippen molar-refractivity contribution in [1.82, 2.24) is 4.90 Å². The Morgan fingerprint density at radius 1 is 1.44 bits per heavy atom. The van der Waals surface area contributed by atoms with Gasteiger partial charge in [0.05, 0.1) is 6.10 Å². The fourth-order valence-electron chi connectivity index (χ4n) is 1.32. The summed E-state index contributed by atoms with van der Waals surface area (Å²) in [6.07, 6.45) is -0.576. The number of hydrogen-bond acceptors (Lipinski definition) is 3. The topological polar surface area (TPSA) is 32.7 Å². The summed E-state index contributed by atoms with van der Waals surface area (Å²) in [5.41, 5.74) is 0.728. The number of aliphatic hydroxyl groups excluding tert-OH is 1. The second kappa shape index (κ2) is 6.09. The van der Waals surface area contributed by atoms with Crippen LogP contribution in [0, 0.1) is 0 Å². The molecule has 0 saturated heterocycles. The first kappa shape index (κ1) is 13.3. The summed E-state index contributed by atoms with van der Waals surface area (Å²) in [4.78, 5) is 2.04. The molecule has 0 unspecified atom stereocenters. The first-order valence-electron chi connectivity index (χ1n) is 5.25. The number of nitrogens with zero attached hydrogens (tertiary/aromatic N) is 1. The third-order valence-electron chi connectivity index (χ3n) is 2.22. The van der Waals surface area contributed by atoms with Crippen molar-refractivity contribution in [2.24, 2.45) is 0 Å². The summed E-state index contributed by atoms with van der Waals surface area (Å²) in [7, 11) is 3.97. The van der Waals surface area contributed by atoms with Crippen molar-refractivity contribution < 1.29 is 9.84 Å². The molecule has 0 fully saturated rings. The lowest BCUT2D eigenvalue weighted by Gasteiger charge is -2.15. The van der Waals surface area contributed by atoms with Gasteiger partial charge >= 0.3 is 0 Å². The molecule has 0 aliphatic heterocycles. The largest absolute Gasteiger partial charge is 0.492 e. The molecule has 0 aliphatic carbocycles. The van der Waals surface area contributed by atoms with Crippen molar-refractivity contribution in [3.8, 4) is 5.75 Å². The lowest BCUT2D eigenvalue weighted by molar-refractivity contribution is 0.188. The summed E-state index contributed by atoms with van der Waals surface area (Å²) in [5, 5.41) is 10.2. The molecular formula is C12H18ClNO2. The molecule has 0 heterocycles. The van der Waals surface area contributed by atoms with Gasteiger partial charge in [-0.1, -0.05) is 11.6 Å². The predicted octanol–water partition coefficient (Wildman–Crippen LogP) is 2.33. The van der Waals surface area contributed by atoms with Crippen LogP contribution in [0.2, 0.25) is 5.02 Å². The van der Waals surface area contributed by atoms with E-state index in [9.17, 15) is 5.11 Å². The zero-order chi connectivity index (χ0) is 12.1. The minimum Gasteiger partial charge on any atom is -0.492 e. The maximum atomic E-state index is 9.59. The Labute approximate surface area is 102 Å². The Kier molecular flexibility index (Phi) is 5.06. The summed E-state index contributed by atoms with van der Waals surface area (Å²) in [6.45, 7) is 3.13. The molecule has 0 radical (unpaired) electrons. The normalized spacial score (nSPS) is 12.9. The molecule has 1 rings (SSSR count). The molecule has 3 nitrogen and oxygen atoms in total. The van der Waals surface area contributed by atoms with Gasteiger partial charge in [-0.05, 0) is 39.2 Å². The van der Waals surface area contributed by atoms with Crippen LogP contribution < -0.4 is 4.74 Å². The van der Waals surface area contributed by atoms with E-state index in [1.54, 1.807) is 25.1 Å². The molecule has 1 aromatic carbocycles. The van der Waals surface area contributed by atoms with Crippen LogP contribution in [0.25, 0.3) is 0 Å². The second-order valence-corrected chi connectivity index (χ2v) is 4.45. The standard InChI is InChI=1S/C12H18ClNO2/c1-9(15)11-8-10(13)4-5-12(11)16-7-6-14(2)3/h4-5,8-9,15H,6-7H2,1-3H3/t9-/m1/s1. The Bertz CT molecular complexity index is 340. The zero-order valence-electron chi connectivity index (χ0n) is 9.90. The van der Waals surface area contributed by atoms with E-state index in [0.29, 0.717) is 17.4 Å². The van der Waals surface area contributed by atoms with E-state index in [0.717, 1.165) is 12.1 Å². The molecule has 4 heteroatoms. The van der Waals surface area contributed by atoms with Crippen LogP contribution in [0.1, 0.15) is 18.6 Å². The van der Waals surface area contributed by atoms with Crippen molar-refractivity contribution in [3.05, 3.63) is 28.8 Å². The van der Waals surface area contributed by atoms with Crippen LogP contribution >= 0.6 is 11.6 Å². The second-order valence-electron chi connectivity index (χ2n) is 4.01. The van der Waals surface area contributed by atoms with Gasteiger partial charge in [-0.3, -0.25) is 0 Å². The highest BCUT2D eigenvalue weighted by Crippen LogP contribution is 2.28. The van der Waals surface area contributed by atoms with Crippen molar-refractivity contribution in [3.63, 3.8) is 0 Å². The molecule has 1 N–H and O–H groups in total. The highest BCUT2D eigenvalue weighted by molar-refractivity contribution is 6.30. The van der Waals surface area contributed by atoms with E-state index < -0.39 is 6.10 Å². The molecule has 1 atom stereocenters. The highest BCUT2D eigenvalue weighted by Gasteiger charge is 2.09. The third kappa shape index (κ3) is 4.00. The number of ether oxygens (including phenoxy) is 1. The van der Waals surface area contributed by atoms with Crippen molar-refractivity contribution in [1.29, 1.82) is 0 Å². The van der Waals surface area contributed by atoms with Crippen LogP contribution in [-0.4, -0.2) is 37.3 Å². The smallest absolute Gasteiger partial charge is 0.125 e. The van der Waals surface area contributed by atoms with E-state index in [-0.39, 0.29) is 0 Å². The average Bonchev–Trinajstić information content (AvgIpc) is 2.19. The Balaban J connectivity index is 2.71. The van der Waals surface area contributed by atoms with Gasteiger partial charge in [0.1, 0.15) is 12.4 Å². The van der Waals surface area contributed by atoms with Crippen LogP contribution in [0.4, 0.5) is 0 Å². The van der Waals surface area contributed by atoms with E-state index in [1.165, 1.54) is 0 Å². The SMILES string of the molecule is C[C@@H](O)c1cc(Cl)ccc1OCCN(C)C. The zero-order valence-corrected chi connectivity index (χ0v) is 10.7. The molecule has 90 valence electrons. The Morgan fingerprint density at radius 2 is 2.12 bits per heavy atom. The summed E-state index contributed by atoms with van der Waals surface area (Å²) < 4.78 is 5.60. The van der Waals surface area contributed by atoms with Crippen molar-refractivity contribution in [2.75, 3.05) is 27.2 Å². The minimum absolute atomic E-state index is 0.576. The molecule has 0 bridgehead atoms. The monoisotopic (exact) mass is 243 g/mol. The predicted molar refractivity (Wildman–Crippen MR) is 66.1 cm³/mol. The summed E-state index contributed by atoms with van der Waals surface area (Å²) >= 11 is 5.87. The van der Waals surface area contributed by atoms with Gasteiger partial charge in [0.15, 0.2) is 0 Å². The van der Waals surface area contributed by atoms with Crippen molar-refractivity contribution in [2.45, 2.75) is 13.0 Å². The highest BCUT2D eigenvalue weighted by atomic mass is 35.5. The van der Waals surface area contributed by atoms with Crippen LogP contribution in [-0.2, 0) is 0 Å². The van der Waals surface area contributed by atoms with Crippen LogP contribution in [0.3, 0.4) is 0 Å². The average molecular weight is 244 g/mol. The van der Waals surface area contributed by atoms with Gasteiger partial charge in [0.25, 0.3) is 0 Å². The summed E-state index contributed by atoms with van der Waals surface area (Å²) in [5.74, 6) is 0.696. The number of rotatable bonds is 5. The molecule has 0 saturated carbocycles. The van der Waals surface area contributed by atoms with E-state index in [1.807, 2.05) is 19.0 Å². The number of hydrogen-bond donors (Lipinski definition) is 1. The van der Waals surface area contributed by atoms with Crippen LogP contribution in [0.15, 0.2) is 18.2 Å². The lowest BCUT2D eigenvalue weighted by Crippen LogP contribution is -2.19. The number of halogens is 1. The van der Waals surface area contributed by atoms with Gasteiger partial charge in [0.2, 0.25) is 0 Å². The third-order valence-corrected chi connectivity index (χ3v) is 2.45. The quantitative estimate of drug-likeness (QED) is 0.862. The van der Waals surface area contributed by atoms with Crippen molar-refractivity contribution >= 4 is 11.6 Å². The minimum atomic E-state index is -0.576. The molecular weight excluding hydrogens is 226 g/mol. The number of benzene rings is 1. The van der Waals surface area contributed by atoms with Crippen LogP contribution in [0.5, 0.6) is 5.75 Å². The fourth-order valence-corrected chi connectivity index (χ4v) is 1.50. The lowest BCUT2D eigenvalue weighted by atomic mass is 10.1. The van der Waals surface area contributed by atoms with E-state index >= 15 is 0 Å². The maximum Gasteiger partial charge on any atom is 0.125 e. The Morgan fingerprint density at radius 3 is 2.69 bits per heavy atom. The molecule has 1 aromatic rings. The number of aliphatic hydroxyl groups is 1. The van der Waals surface area contributed by atoms with Gasteiger partial charge in [-0.25, -0.2) is 0 Å². The first-order valence-corrected chi connectivity index (χ1v) is 5.63. The molecule has 0 aliphatic rings. The molecule has 0 spiro atoms. The van der Waals surface area contributed by atoms with Gasteiger partial charge in [-0.15, -0.1) is 0 Å². The Hall–Kier alpha value is -0.770. The fraction of sp³-hybridized carbons (Fsp3) is 0.500. The van der Waals surface area contributed by atoms with Gasteiger partial charge in [-0.2, -0.15) is 0 Å². The summed E-state index contributed by atoms with van der Waals surface area (Å²) in [6, 6.07) is 5.29. The molecule has 16 heavy (non-hydrogen) atoms. The maximum absolute atomic E-state index is 9.59. The molecule has 0 amide bonds. The van der Waals surface area contributed by atoms with Gasteiger partial charge in [0, 0.05) is 17.1 Å². The van der Waals surface area contributed by atoms with Gasteiger partial charge < -0.3 is 14.7 Å². The number of likely N-dealkylation sites (N-methyl/N-ethyl adjacent to an activating group) is 1.